The van der Waals surface area contributed by atoms with E-state index in [-0.39, 0.29) is 49.4 Å². The minimum Gasteiger partial charge on any atom is -0.508 e. The Morgan fingerprint density at radius 2 is 1.92 bits per heavy atom. The Morgan fingerprint density at radius 3 is 2.65 bits per heavy atom. The first-order chi connectivity index (χ1) is 17.7. The minimum absolute atomic E-state index is 0.00630. The lowest BCUT2D eigenvalue weighted by molar-refractivity contribution is 0.0747. The third kappa shape index (κ3) is 4.79. The molecule has 1 aromatic heterocycles. The van der Waals surface area contributed by atoms with Gasteiger partial charge in [0, 0.05) is 43.7 Å². The number of nitrogens with zero attached hydrogens (tertiary/aromatic N) is 4. The first kappa shape index (κ1) is 24.5. The van der Waals surface area contributed by atoms with Crippen LogP contribution in [0, 0.1) is 11.7 Å². The summed E-state index contributed by atoms with van der Waals surface area (Å²) >= 11 is 0. The number of halogens is 1. The third-order valence-corrected chi connectivity index (χ3v) is 6.59. The molecule has 2 heterocycles. The molecule has 0 unspecified atom stereocenters. The van der Waals surface area contributed by atoms with Crippen LogP contribution < -0.4 is 10.3 Å². The van der Waals surface area contributed by atoms with E-state index < -0.39 is 17.5 Å². The van der Waals surface area contributed by atoms with Gasteiger partial charge in [0.25, 0.3) is 5.88 Å². The Balaban J connectivity index is 1.63. The predicted molar refractivity (Wildman–Crippen MR) is 138 cm³/mol. The molecule has 0 saturated carbocycles. The molecule has 1 aliphatic heterocycles. The summed E-state index contributed by atoms with van der Waals surface area (Å²) in [6.45, 7) is 1.59. The van der Waals surface area contributed by atoms with Gasteiger partial charge in [0.15, 0.2) is 0 Å². The van der Waals surface area contributed by atoms with Crippen LogP contribution in [0.1, 0.15) is 0 Å². The Labute approximate surface area is 211 Å². The van der Waals surface area contributed by atoms with Crippen molar-refractivity contribution in [1.29, 1.82) is 0 Å². The van der Waals surface area contributed by atoms with Crippen molar-refractivity contribution in [3.63, 3.8) is 0 Å². The van der Waals surface area contributed by atoms with Crippen LogP contribution in [0.25, 0.3) is 32.9 Å². The van der Waals surface area contributed by atoms with Crippen LogP contribution in [-0.2, 0) is 6.54 Å². The number of hydrogen-bond acceptors (Lipinski definition) is 6. The number of likely N-dealkylation sites (N-methyl/N-ethyl adjacent to an activating group) is 1. The number of benzene rings is 3. The first-order valence-corrected chi connectivity index (χ1v) is 11.9. The summed E-state index contributed by atoms with van der Waals surface area (Å²) in [6.07, 6.45) is -1.01. The number of carbonyl (C=O) groups is 1. The number of fused-ring (bicyclic) bond motifs is 2. The van der Waals surface area contributed by atoms with Crippen molar-refractivity contribution < 1.29 is 24.1 Å². The van der Waals surface area contributed by atoms with Gasteiger partial charge in [0.2, 0.25) is 0 Å². The minimum atomic E-state index is -1.01. The number of likely N-dealkylation sites (tertiary alicyclic amines) is 1. The average molecular weight is 507 g/mol. The van der Waals surface area contributed by atoms with E-state index in [4.69, 9.17) is 9.84 Å². The fourth-order valence-corrected chi connectivity index (χ4v) is 4.66. The van der Waals surface area contributed by atoms with Crippen LogP contribution in [0.15, 0.2) is 53.3 Å². The van der Waals surface area contributed by atoms with Gasteiger partial charge in [-0.2, -0.15) is 0 Å². The van der Waals surface area contributed by atoms with E-state index >= 15 is 4.39 Å². The van der Waals surface area contributed by atoms with Crippen LogP contribution >= 0.6 is 0 Å². The maximum atomic E-state index is 15.6. The Hall–Kier alpha value is -4.18. The molecule has 3 aromatic carbocycles. The first-order valence-electron chi connectivity index (χ1n) is 11.9. The molecule has 10 heteroatoms. The quantitative estimate of drug-likeness (QED) is 0.394. The number of phenolic OH excluding ortho intramolecular Hbond substituents is 1. The molecule has 4 aromatic rings. The van der Waals surface area contributed by atoms with E-state index in [9.17, 15) is 14.7 Å². The Bertz CT molecular complexity index is 1560. The van der Waals surface area contributed by atoms with Crippen molar-refractivity contribution in [2.45, 2.75) is 6.54 Å². The van der Waals surface area contributed by atoms with Gasteiger partial charge in [-0.25, -0.2) is 14.2 Å². The second-order valence-corrected chi connectivity index (χ2v) is 9.57. The van der Waals surface area contributed by atoms with Gasteiger partial charge < -0.3 is 29.3 Å². The van der Waals surface area contributed by atoms with Gasteiger partial charge >= 0.3 is 11.7 Å². The molecule has 2 N–H and O–H groups in total. The Kier molecular flexibility index (Phi) is 6.43. The van der Waals surface area contributed by atoms with Gasteiger partial charge in [-0.3, -0.25) is 4.79 Å². The topological polar surface area (TPSA) is 108 Å². The lowest BCUT2D eigenvalue weighted by Crippen LogP contribution is -2.51. The SMILES string of the molecule is CN(C)CCOc1nc2cc(-c3cc(O)cc4ccccc34)c(F)cc2n(CC2CN(C(=O)O)C2)c1=O. The van der Waals surface area contributed by atoms with E-state index in [0.29, 0.717) is 23.1 Å². The van der Waals surface area contributed by atoms with Crippen LogP contribution in [-0.4, -0.2) is 76.0 Å². The zero-order valence-corrected chi connectivity index (χ0v) is 20.5. The molecular weight excluding hydrogens is 479 g/mol. The van der Waals surface area contributed by atoms with Gasteiger partial charge in [-0.15, -0.1) is 0 Å². The van der Waals surface area contributed by atoms with Crippen LogP contribution in [0.5, 0.6) is 11.6 Å². The molecule has 1 amide bonds. The molecule has 0 bridgehead atoms. The van der Waals surface area contributed by atoms with E-state index in [1.807, 2.05) is 43.3 Å². The summed E-state index contributed by atoms with van der Waals surface area (Å²) in [4.78, 5) is 32.1. The van der Waals surface area contributed by atoms with E-state index in [0.717, 1.165) is 10.8 Å². The third-order valence-electron chi connectivity index (χ3n) is 6.59. The maximum absolute atomic E-state index is 15.6. The average Bonchev–Trinajstić information content (AvgIpc) is 2.81. The predicted octanol–water partition coefficient (Wildman–Crippen LogP) is 3.61. The van der Waals surface area contributed by atoms with Crippen LogP contribution in [0.2, 0.25) is 0 Å². The second kappa shape index (κ2) is 9.70. The number of ether oxygens (including phenoxy) is 1. The number of carboxylic acid groups (broad SMARTS) is 1. The molecule has 1 saturated heterocycles. The summed E-state index contributed by atoms with van der Waals surface area (Å²) in [5, 5.41) is 21.0. The zero-order valence-electron chi connectivity index (χ0n) is 20.5. The summed E-state index contributed by atoms with van der Waals surface area (Å²) in [5.74, 6) is -0.749. The number of amides is 1. The molecule has 5 rings (SSSR count). The molecule has 0 atom stereocenters. The summed E-state index contributed by atoms with van der Waals surface area (Å²) in [7, 11) is 3.77. The van der Waals surface area contributed by atoms with Crippen molar-refractivity contribution in [3.05, 3.63) is 64.7 Å². The highest BCUT2D eigenvalue weighted by Gasteiger charge is 2.31. The maximum Gasteiger partial charge on any atom is 0.407 e. The summed E-state index contributed by atoms with van der Waals surface area (Å²) < 4.78 is 22.8. The molecule has 0 aliphatic carbocycles. The summed E-state index contributed by atoms with van der Waals surface area (Å²) in [6, 6.07) is 13.3. The van der Waals surface area contributed by atoms with Gasteiger partial charge in [0.1, 0.15) is 18.2 Å². The van der Waals surface area contributed by atoms with Crippen molar-refractivity contribution in [1.82, 2.24) is 19.4 Å². The normalized spacial score (nSPS) is 13.9. The summed E-state index contributed by atoms with van der Waals surface area (Å²) in [5.41, 5.74) is 0.898. The fraction of sp³-hybridized carbons (Fsp3) is 0.296. The lowest BCUT2D eigenvalue weighted by atomic mass is 9.96. The number of aromatic hydroxyl groups is 1. The number of phenols is 1. The second-order valence-electron chi connectivity index (χ2n) is 9.57. The monoisotopic (exact) mass is 506 g/mol. The molecule has 192 valence electrons. The molecular formula is C27H27FN4O5. The van der Waals surface area contributed by atoms with Crippen LogP contribution in [0.4, 0.5) is 9.18 Å². The molecule has 37 heavy (non-hydrogen) atoms. The largest absolute Gasteiger partial charge is 0.508 e. The number of aromatic nitrogens is 2. The smallest absolute Gasteiger partial charge is 0.407 e. The molecule has 0 radical (unpaired) electrons. The van der Waals surface area contributed by atoms with Crippen molar-refractivity contribution >= 4 is 27.9 Å². The fourth-order valence-electron chi connectivity index (χ4n) is 4.66. The van der Waals surface area contributed by atoms with Gasteiger partial charge in [-0.05, 0) is 48.6 Å². The molecule has 1 aliphatic rings. The Morgan fingerprint density at radius 1 is 1.16 bits per heavy atom. The van der Waals surface area contributed by atoms with Crippen LogP contribution in [0.3, 0.4) is 0 Å². The standard InChI is InChI=1S/C27H27FN4O5/c1-30(2)7-8-37-25-26(34)32(15-16-13-31(14-16)27(35)36)24-12-22(28)21(11-23(24)29-25)20-10-18(33)9-17-5-3-4-6-19(17)20/h3-6,9-12,16,33H,7-8,13-15H2,1-2H3,(H,35,36). The van der Waals surface area contributed by atoms with Crippen molar-refractivity contribution in [2.24, 2.45) is 5.92 Å². The van der Waals surface area contributed by atoms with E-state index in [1.54, 1.807) is 12.1 Å². The molecule has 1 fully saturated rings. The van der Waals surface area contributed by atoms with Gasteiger partial charge in [-0.1, -0.05) is 24.3 Å². The highest BCUT2D eigenvalue weighted by atomic mass is 19.1. The van der Waals surface area contributed by atoms with E-state index in [2.05, 4.69) is 4.98 Å². The lowest BCUT2D eigenvalue weighted by Gasteiger charge is -2.37. The highest BCUT2D eigenvalue weighted by Crippen LogP contribution is 2.36. The van der Waals surface area contributed by atoms with Gasteiger partial charge in [0.05, 0.1) is 11.0 Å². The zero-order chi connectivity index (χ0) is 26.3. The van der Waals surface area contributed by atoms with Crippen molar-refractivity contribution in [2.75, 3.05) is 40.3 Å². The van der Waals surface area contributed by atoms with E-state index in [1.165, 1.54) is 21.6 Å². The molecule has 0 spiro atoms. The highest BCUT2D eigenvalue weighted by molar-refractivity contribution is 5.99. The number of rotatable bonds is 7. The van der Waals surface area contributed by atoms with Crippen molar-refractivity contribution in [3.8, 4) is 22.8 Å². The number of hydrogen-bond donors (Lipinski definition) is 2. The molecule has 9 nitrogen and oxygen atoms in total.